The third-order valence-electron chi connectivity index (χ3n) is 10.8. The number of nitrogens with zero attached hydrogens (tertiary/aromatic N) is 1. The lowest BCUT2D eigenvalue weighted by atomic mass is 10.0. The highest BCUT2D eigenvalue weighted by Gasteiger charge is 2.31. The second-order valence-corrected chi connectivity index (χ2v) is 19.4. The number of hydrogen-bond acceptors (Lipinski definition) is 6. The van der Waals surface area contributed by atoms with Crippen LogP contribution in [0.5, 0.6) is 0 Å². The Balaban J connectivity index is 4.34. The number of hydrogen-bond donors (Lipinski definition) is 4. The molecule has 356 valence electrons. The minimum atomic E-state index is -4.43. The topological polar surface area (TPSA) is 125 Å². The molecule has 0 spiro atoms. The molecule has 4 unspecified atom stereocenters. The Hall–Kier alpha value is -1.84. The molecule has 0 saturated carbocycles. The van der Waals surface area contributed by atoms with Crippen LogP contribution in [0.3, 0.4) is 0 Å². The number of unbranched alkanes of at least 4 members (excludes halogenated alkanes) is 20. The maximum atomic E-state index is 12.9. The number of rotatable bonds is 44. The second kappa shape index (κ2) is 42.1. The molecule has 0 bridgehead atoms. The van der Waals surface area contributed by atoms with Gasteiger partial charge in [-0.1, -0.05) is 177 Å². The standard InChI is InChI=1S/C51H95N2O7P/c1-6-8-10-12-14-16-18-20-21-22-23-24-25-26-27-28-29-30-31-32-34-36-38-40-42-44-50(55)52-48(47-60-61(57,58)59-46-45-53(3,4)5)51(56)49(54)43-41-39-37-35-33-19-17-15-13-11-9-7-2/h8,10,14,16,20-21,23-24,35,37,48-49,51,54,56H,6-7,9,11-13,15,17-19,22,25-34,36,38-47H2,1-5H3,(H-,52,55,57,58)/p+1/b10-8-,16-14-,21-20-,24-23-,37-35+. The summed E-state index contributed by atoms with van der Waals surface area (Å²) in [6.07, 6.45) is 51.5. The van der Waals surface area contributed by atoms with Crippen LogP contribution in [0.2, 0.25) is 0 Å². The van der Waals surface area contributed by atoms with E-state index in [1.807, 2.05) is 21.1 Å². The molecule has 0 saturated heterocycles. The van der Waals surface area contributed by atoms with E-state index in [4.69, 9.17) is 9.05 Å². The van der Waals surface area contributed by atoms with E-state index >= 15 is 0 Å². The van der Waals surface area contributed by atoms with Gasteiger partial charge in [-0.15, -0.1) is 0 Å². The minimum absolute atomic E-state index is 0.0141. The van der Waals surface area contributed by atoms with Crippen LogP contribution in [0.15, 0.2) is 60.8 Å². The molecule has 10 heteroatoms. The van der Waals surface area contributed by atoms with E-state index in [9.17, 15) is 24.5 Å². The number of amides is 1. The van der Waals surface area contributed by atoms with Gasteiger partial charge in [0.15, 0.2) is 0 Å². The van der Waals surface area contributed by atoms with Gasteiger partial charge in [-0.3, -0.25) is 13.8 Å². The predicted molar refractivity (Wildman–Crippen MR) is 260 cm³/mol. The van der Waals surface area contributed by atoms with Gasteiger partial charge in [0.05, 0.1) is 39.9 Å². The van der Waals surface area contributed by atoms with Crippen LogP contribution in [-0.4, -0.2) is 84.6 Å². The maximum Gasteiger partial charge on any atom is 0.472 e. The van der Waals surface area contributed by atoms with Crippen LogP contribution in [0.1, 0.15) is 200 Å². The van der Waals surface area contributed by atoms with Crippen molar-refractivity contribution in [2.75, 3.05) is 40.9 Å². The van der Waals surface area contributed by atoms with Crippen molar-refractivity contribution < 1.29 is 38.0 Å². The van der Waals surface area contributed by atoms with E-state index in [2.05, 4.69) is 79.9 Å². The molecule has 0 aromatic rings. The summed E-state index contributed by atoms with van der Waals surface area (Å²) in [6, 6.07) is -1.05. The van der Waals surface area contributed by atoms with Crippen molar-refractivity contribution in [2.45, 2.75) is 218 Å². The monoisotopic (exact) mass is 880 g/mol. The molecule has 4 atom stereocenters. The number of allylic oxidation sites excluding steroid dienone is 10. The molecule has 0 aromatic carbocycles. The van der Waals surface area contributed by atoms with Crippen molar-refractivity contribution in [1.29, 1.82) is 0 Å². The van der Waals surface area contributed by atoms with Gasteiger partial charge in [0.2, 0.25) is 5.91 Å². The molecule has 0 fully saturated rings. The Morgan fingerprint density at radius 3 is 1.51 bits per heavy atom. The molecule has 61 heavy (non-hydrogen) atoms. The van der Waals surface area contributed by atoms with E-state index in [1.165, 1.54) is 103 Å². The highest BCUT2D eigenvalue weighted by molar-refractivity contribution is 7.47. The summed E-state index contributed by atoms with van der Waals surface area (Å²) in [6.45, 7) is 4.46. The van der Waals surface area contributed by atoms with Gasteiger partial charge in [-0.2, -0.15) is 0 Å². The first-order chi connectivity index (χ1) is 29.4. The molecule has 0 radical (unpaired) electrons. The molecular formula is C51H96N2O7P+. The average molecular weight is 880 g/mol. The normalized spacial score (nSPS) is 15.2. The van der Waals surface area contributed by atoms with Gasteiger partial charge < -0.3 is 24.9 Å². The lowest BCUT2D eigenvalue weighted by molar-refractivity contribution is -0.870. The van der Waals surface area contributed by atoms with Crippen molar-refractivity contribution in [1.82, 2.24) is 5.32 Å². The Kier molecular flexibility index (Phi) is 40.9. The van der Waals surface area contributed by atoms with Crippen molar-refractivity contribution in [3.63, 3.8) is 0 Å². The van der Waals surface area contributed by atoms with Crippen molar-refractivity contribution in [3.05, 3.63) is 60.8 Å². The number of carbonyl (C=O) groups excluding carboxylic acids is 1. The largest absolute Gasteiger partial charge is 0.472 e. The summed E-state index contributed by atoms with van der Waals surface area (Å²) in [5.74, 6) is -0.273. The molecular weight excluding hydrogens is 784 g/mol. The Bertz CT molecular complexity index is 1200. The van der Waals surface area contributed by atoms with Crippen LogP contribution >= 0.6 is 7.82 Å². The van der Waals surface area contributed by atoms with E-state index in [-0.39, 0.29) is 18.9 Å². The molecule has 0 aliphatic rings. The number of nitrogens with one attached hydrogen (secondary N) is 1. The number of phosphoric acid groups is 1. The van der Waals surface area contributed by atoms with Crippen LogP contribution in [-0.2, 0) is 18.4 Å². The first-order valence-corrected chi connectivity index (χ1v) is 26.2. The van der Waals surface area contributed by atoms with Gasteiger partial charge in [0.1, 0.15) is 19.3 Å². The smallest absolute Gasteiger partial charge is 0.390 e. The number of quaternary nitrogens is 1. The van der Waals surface area contributed by atoms with Crippen molar-refractivity contribution >= 4 is 13.7 Å². The number of aliphatic hydroxyl groups is 2. The lowest BCUT2D eigenvalue weighted by Crippen LogP contribution is -2.51. The van der Waals surface area contributed by atoms with Crippen LogP contribution < -0.4 is 5.32 Å². The fourth-order valence-corrected chi connectivity index (χ4v) is 7.63. The molecule has 0 aromatic heterocycles. The van der Waals surface area contributed by atoms with Crippen molar-refractivity contribution in [3.8, 4) is 0 Å². The van der Waals surface area contributed by atoms with Gasteiger partial charge in [-0.05, 0) is 77.0 Å². The molecule has 1 amide bonds. The zero-order chi connectivity index (χ0) is 45.1. The van der Waals surface area contributed by atoms with Gasteiger partial charge in [0, 0.05) is 6.42 Å². The van der Waals surface area contributed by atoms with Gasteiger partial charge >= 0.3 is 7.82 Å². The quantitative estimate of drug-likeness (QED) is 0.0208. The second-order valence-electron chi connectivity index (χ2n) is 17.9. The van der Waals surface area contributed by atoms with Gasteiger partial charge in [-0.25, -0.2) is 4.57 Å². The predicted octanol–water partition coefficient (Wildman–Crippen LogP) is 13.2. The minimum Gasteiger partial charge on any atom is -0.390 e. The van der Waals surface area contributed by atoms with E-state index in [0.717, 1.165) is 64.2 Å². The Morgan fingerprint density at radius 1 is 0.590 bits per heavy atom. The zero-order valence-corrected chi connectivity index (χ0v) is 40.9. The highest BCUT2D eigenvalue weighted by Crippen LogP contribution is 2.43. The summed E-state index contributed by atoms with van der Waals surface area (Å²) in [4.78, 5) is 23.2. The highest BCUT2D eigenvalue weighted by atomic mass is 31.2. The number of carbonyl (C=O) groups is 1. The summed E-state index contributed by atoms with van der Waals surface area (Å²) in [7, 11) is 1.41. The molecule has 0 aliphatic carbocycles. The first kappa shape index (κ1) is 59.2. The van der Waals surface area contributed by atoms with Gasteiger partial charge in [0.25, 0.3) is 0 Å². The van der Waals surface area contributed by atoms with E-state index in [1.54, 1.807) is 0 Å². The van der Waals surface area contributed by atoms with Crippen LogP contribution in [0, 0.1) is 0 Å². The lowest BCUT2D eigenvalue weighted by Gasteiger charge is -2.28. The third-order valence-corrected chi connectivity index (χ3v) is 11.8. The SMILES string of the molecule is CC/C=C\C/C=C\C/C=C\C/C=C\CCCCCCCCCCCCCCC(=O)NC(COP(=O)(O)OCC[N+](C)(C)C)C(O)C(O)CCC/C=C/CCCCCCCCC. The fourth-order valence-electron chi connectivity index (χ4n) is 6.90. The molecule has 0 rings (SSSR count). The summed E-state index contributed by atoms with van der Waals surface area (Å²) >= 11 is 0. The zero-order valence-electron chi connectivity index (χ0n) is 40.0. The Labute approximate surface area is 375 Å². The van der Waals surface area contributed by atoms with E-state index in [0.29, 0.717) is 23.9 Å². The number of aliphatic hydroxyl groups excluding tert-OH is 2. The summed E-state index contributed by atoms with van der Waals surface area (Å²) in [5, 5.41) is 24.7. The maximum absolute atomic E-state index is 12.9. The first-order valence-electron chi connectivity index (χ1n) is 24.7. The van der Waals surface area contributed by atoms with Crippen molar-refractivity contribution in [2.24, 2.45) is 0 Å². The Morgan fingerprint density at radius 2 is 1.02 bits per heavy atom. The number of likely N-dealkylation sites (N-methyl/N-ethyl adjacent to an activating group) is 1. The summed E-state index contributed by atoms with van der Waals surface area (Å²) < 4.78 is 23.5. The molecule has 4 N–H and O–H groups in total. The molecule has 9 nitrogen and oxygen atoms in total. The third kappa shape index (κ3) is 43.2. The van der Waals surface area contributed by atoms with Crippen LogP contribution in [0.4, 0.5) is 0 Å². The number of phosphoric ester groups is 1. The summed E-state index contributed by atoms with van der Waals surface area (Å²) in [5.41, 5.74) is 0. The molecule has 0 aliphatic heterocycles. The van der Waals surface area contributed by atoms with Crippen LogP contribution in [0.25, 0.3) is 0 Å². The molecule has 0 heterocycles. The van der Waals surface area contributed by atoms with E-state index < -0.39 is 32.7 Å². The average Bonchev–Trinajstić information content (AvgIpc) is 3.21. The fraction of sp³-hybridized carbons (Fsp3) is 0.784.